The Morgan fingerprint density at radius 3 is 2.69 bits per heavy atom. The number of hydrogen-bond donors (Lipinski definition) is 1. The average molecular weight is 217 g/mol. The van der Waals surface area contributed by atoms with E-state index in [1.807, 2.05) is 19.1 Å². The van der Waals surface area contributed by atoms with Gasteiger partial charge in [0, 0.05) is 5.69 Å². The highest BCUT2D eigenvalue weighted by Crippen LogP contribution is 2.42. The molecule has 0 bridgehead atoms. The Morgan fingerprint density at radius 1 is 1.38 bits per heavy atom. The topological polar surface area (TPSA) is 29.1 Å². The van der Waals surface area contributed by atoms with Gasteiger partial charge in [-0.05, 0) is 37.8 Å². The minimum absolute atomic E-state index is 0.141. The van der Waals surface area contributed by atoms with E-state index in [4.69, 9.17) is 0 Å². The van der Waals surface area contributed by atoms with Gasteiger partial charge in [0.2, 0.25) is 5.91 Å². The molecule has 0 fully saturated rings. The minimum atomic E-state index is -0.352. The Morgan fingerprint density at radius 2 is 2.06 bits per heavy atom. The highest BCUT2D eigenvalue weighted by molar-refractivity contribution is 6.06. The summed E-state index contributed by atoms with van der Waals surface area (Å²) < 4.78 is 0. The first-order valence-corrected chi connectivity index (χ1v) is 5.86. The van der Waals surface area contributed by atoms with Crippen molar-refractivity contribution in [2.75, 3.05) is 5.32 Å². The number of anilines is 1. The summed E-state index contributed by atoms with van der Waals surface area (Å²) in [5.74, 6) is 0.656. The first-order valence-electron chi connectivity index (χ1n) is 5.86. The molecule has 0 spiro atoms. The molecule has 0 aromatic heterocycles. The zero-order valence-corrected chi connectivity index (χ0v) is 10.4. The highest BCUT2D eigenvalue weighted by atomic mass is 16.2. The minimum Gasteiger partial charge on any atom is -0.325 e. The first-order chi connectivity index (χ1) is 7.43. The molecule has 1 aromatic rings. The van der Waals surface area contributed by atoms with Crippen molar-refractivity contribution in [3.05, 3.63) is 29.3 Å². The Kier molecular flexibility index (Phi) is 2.53. The van der Waals surface area contributed by atoms with Crippen LogP contribution in [0.25, 0.3) is 0 Å². The molecule has 1 heterocycles. The molecule has 0 saturated heterocycles. The Balaban J connectivity index is 2.49. The SMILES string of the molecule is Cc1ccc2c(c1)C(C)(CC(C)C)C(=O)N2. The van der Waals surface area contributed by atoms with Crippen molar-refractivity contribution in [1.29, 1.82) is 0 Å². The van der Waals surface area contributed by atoms with E-state index >= 15 is 0 Å². The van der Waals surface area contributed by atoms with Gasteiger partial charge in [0.15, 0.2) is 0 Å². The van der Waals surface area contributed by atoms with Crippen LogP contribution >= 0.6 is 0 Å². The molecule has 1 unspecified atom stereocenters. The summed E-state index contributed by atoms with van der Waals surface area (Å²) in [4.78, 5) is 12.1. The van der Waals surface area contributed by atoms with Crippen molar-refractivity contribution in [2.45, 2.75) is 39.5 Å². The largest absolute Gasteiger partial charge is 0.325 e. The van der Waals surface area contributed by atoms with Gasteiger partial charge >= 0.3 is 0 Å². The van der Waals surface area contributed by atoms with Gasteiger partial charge in [-0.15, -0.1) is 0 Å². The molecule has 1 atom stereocenters. The lowest BCUT2D eigenvalue weighted by Crippen LogP contribution is -2.32. The lowest BCUT2D eigenvalue weighted by molar-refractivity contribution is -0.120. The monoisotopic (exact) mass is 217 g/mol. The van der Waals surface area contributed by atoms with Crippen LogP contribution in [-0.4, -0.2) is 5.91 Å². The quantitative estimate of drug-likeness (QED) is 0.809. The van der Waals surface area contributed by atoms with Gasteiger partial charge < -0.3 is 5.32 Å². The molecule has 0 saturated carbocycles. The predicted molar refractivity (Wildman–Crippen MR) is 66.6 cm³/mol. The Labute approximate surface area is 97.1 Å². The standard InChI is InChI=1S/C14H19NO/c1-9(2)8-14(4)11-7-10(3)5-6-12(11)15-13(14)16/h5-7,9H,8H2,1-4H3,(H,15,16). The first kappa shape index (κ1) is 11.2. The Bertz CT molecular complexity index is 436. The second kappa shape index (κ2) is 3.62. The van der Waals surface area contributed by atoms with Gasteiger partial charge in [-0.25, -0.2) is 0 Å². The van der Waals surface area contributed by atoms with E-state index in [-0.39, 0.29) is 11.3 Å². The fourth-order valence-corrected chi connectivity index (χ4v) is 2.63. The zero-order chi connectivity index (χ0) is 11.9. The van der Waals surface area contributed by atoms with E-state index in [0.717, 1.165) is 17.7 Å². The van der Waals surface area contributed by atoms with Gasteiger partial charge in [-0.3, -0.25) is 4.79 Å². The molecule has 0 radical (unpaired) electrons. The number of benzene rings is 1. The second-order valence-electron chi connectivity index (χ2n) is 5.43. The molecular formula is C14H19NO. The molecule has 2 rings (SSSR count). The van der Waals surface area contributed by atoms with Gasteiger partial charge in [0.25, 0.3) is 0 Å². The molecule has 16 heavy (non-hydrogen) atoms. The van der Waals surface area contributed by atoms with Crippen molar-refractivity contribution in [2.24, 2.45) is 5.92 Å². The maximum atomic E-state index is 12.1. The second-order valence-corrected chi connectivity index (χ2v) is 5.43. The van der Waals surface area contributed by atoms with Gasteiger partial charge in [0.05, 0.1) is 5.41 Å². The zero-order valence-electron chi connectivity index (χ0n) is 10.4. The summed E-state index contributed by atoms with van der Waals surface area (Å²) in [6, 6.07) is 6.18. The van der Waals surface area contributed by atoms with Crippen LogP contribution in [0.1, 0.15) is 38.3 Å². The summed E-state index contributed by atoms with van der Waals surface area (Å²) >= 11 is 0. The van der Waals surface area contributed by atoms with Gasteiger partial charge in [-0.2, -0.15) is 0 Å². The van der Waals surface area contributed by atoms with E-state index in [0.29, 0.717) is 5.92 Å². The molecule has 1 N–H and O–H groups in total. The molecule has 1 aliphatic heterocycles. The molecule has 0 aliphatic carbocycles. The third-order valence-corrected chi connectivity index (χ3v) is 3.34. The Hall–Kier alpha value is -1.31. The molecular weight excluding hydrogens is 198 g/mol. The lowest BCUT2D eigenvalue weighted by atomic mass is 9.77. The number of carbonyl (C=O) groups is 1. The number of aryl methyl sites for hydroxylation is 1. The van der Waals surface area contributed by atoms with Gasteiger partial charge in [-0.1, -0.05) is 31.5 Å². The third kappa shape index (κ3) is 1.62. The maximum absolute atomic E-state index is 12.1. The van der Waals surface area contributed by atoms with Crippen molar-refractivity contribution in [3.8, 4) is 0 Å². The van der Waals surface area contributed by atoms with Crippen LogP contribution in [0.15, 0.2) is 18.2 Å². The fourth-order valence-electron chi connectivity index (χ4n) is 2.63. The summed E-state index contributed by atoms with van der Waals surface area (Å²) in [5, 5.41) is 2.98. The van der Waals surface area contributed by atoms with Crippen molar-refractivity contribution < 1.29 is 4.79 Å². The van der Waals surface area contributed by atoms with Crippen LogP contribution in [0.5, 0.6) is 0 Å². The number of hydrogen-bond acceptors (Lipinski definition) is 1. The average Bonchev–Trinajstić information content (AvgIpc) is 2.40. The van der Waals surface area contributed by atoms with E-state index in [9.17, 15) is 4.79 Å². The van der Waals surface area contributed by atoms with Crippen LogP contribution in [0.3, 0.4) is 0 Å². The van der Waals surface area contributed by atoms with E-state index in [2.05, 4.69) is 32.2 Å². The van der Waals surface area contributed by atoms with Crippen LogP contribution in [-0.2, 0) is 10.2 Å². The van der Waals surface area contributed by atoms with Gasteiger partial charge in [0.1, 0.15) is 0 Å². The highest BCUT2D eigenvalue weighted by Gasteiger charge is 2.42. The van der Waals surface area contributed by atoms with Crippen molar-refractivity contribution >= 4 is 11.6 Å². The lowest BCUT2D eigenvalue weighted by Gasteiger charge is -2.24. The maximum Gasteiger partial charge on any atom is 0.234 e. The van der Waals surface area contributed by atoms with Crippen LogP contribution in [0, 0.1) is 12.8 Å². The fraction of sp³-hybridized carbons (Fsp3) is 0.500. The molecule has 1 aliphatic rings. The molecule has 1 aromatic carbocycles. The molecule has 1 amide bonds. The third-order valence-electron chi connectivity index (χ3n) is 3.34. The number of nitrogens with one attached hydrogen (secondary N) is 1. The van der Waals surface area contributed by atoms with Crippen LogP contribution in [0.2, 0.25) is 0 Å². The molecule has 2 nitrogen and oxygen atoms in total. The predicted octanol–water partition coefficient (Wildman–Crippen LogP) is 3.25. The molecule has 86 valence electrons. The normalized spacial score (nSPS) is 23.4. The number of rotatable bonds is 2. The van der Waals surface area contributed by atoms with E-state index < -0.39 is 0 Å². The van der Waals surface area contributed by atoms with Crippen molar-refractivity contribution in [3.63, 3.8) is 0 Å². The number of amides is 1. The summed E-state index contributed by atoms with van der Waals surface area (Å²) in [5.41, 5.74) is 3.00. The van der Waals surface area contributed by atoms with Crippen LogP contribution in [0.4, 0.5) is 5.69 Å². The van der Waals surface area contributed by atoms with Crippen LogP contribution < -0.4 is 5.32 Å². The van der Waals surface area contributed by atoms with Crippen molar-refractivity contribution in [1.82, 2.24) is 0 Å². The number of fused-ring (bicyclic) bond motifs is 1. The number of carbonyl (C=O) groups excluding carboxylic acids is 1. The summed E-state index contributed by atoms with van der Waals surface area (Å²) in [7, 11) is 0. The summed E-state index contributed by atoms with van der Waals surface area (Å²) in [6.45, 7) is 8.44. The molecule has 2 heteroatoms. The van der Waals surface area contributed by atoms with E-state index in [1.54, 1.807) is 0 Å². The summed E-state index contributed by atoms with van der Waals surface area (Å²) in [6.07, 6.45) is 0.898. The smallest absolute Gasteiger partial charge is 0.234 e. The van der Waals surface area contributed by atoms with E-state index in [1.165, 1.54) is 5.56 Å².